The van der Waals surface area contributed by atoms with E-state index in [0.29, 0.717) is 17.6 Å². The van der Waals surface area contributed by atoms with E-state index in [1.54, 1.807) is 0 Å². The molecule has 5 nitrogen and oxygen atoms in total. The quantitative estimate of drug-likeness (QED) is 0.583. The van der Waals surface area contributed by atoms with Crippen molar-refractivity contribution in [2.24, 2.45) is 0 Å². The molecule has 1 aliphatic heterocycles. The maximum Gasteiger partial charge on any atom is 0.337 e. The SMILES string of the molecule is CC[C@@H](C)OC(=O)C1=C(C)NC2=C(C(=O)C[C@H](c3ccccc3)C2)[C@H]1c1ccc(N(C)C)cc1. The molecule has 0 saturated heterocycles. The predicted molar refractivity (Wildman–Crippen MR) is 136 cm³/mol. The van der Waals surface area contributed by atoms with Gasteiger partial charge in [0.2, 0.25) is 0 Å². The highest BCUT2D eigenvalue weighted by molar-refractivity contribution is 6.04. The summed E-state index contributed by atoms with van der Waals surface area (Å²) in [7, 11) is 3.99. The van der Waals surface area contributed by atoms with Crippen LogP contribution in [0.15, 0.2) is 77.1 Å². The Balaban J connectivity index is 1.78. The molecule has 3 atom stereocenters. The van der Waals surface area contributed by atoms with E-state index in [1.165, 1.54) is 5.56 Å². The number of hydrogen-bond donors (Lipinski definition) is 1. The minimum Gasteiger partial charge on any atom is -0.459 e. The topological polar surface area (TPSA) is 58.6 Å². The van der Waals surface area contributed by atoms with E-state index in [-0.39, 0.29) is 23.8 Å². The van der Waals surface area contributed by atoms with Gasteiger partial charge in [0.15, 0.2) is 5.78 Å². The average molecular weight is 459 g/mol. The molecule has 0 radical (unpaired) electrons. The van der Waals surface area contributed by atoms with E-state index in [0.717, 1.165) is 35.5 Å². The van der Waals surface area contributed by atoms with Crippen molar-refractivity contribution in [3.05, 3.63) is 88.3 Å². The van der Waals surface area contributed by atoms with E-state index in [4.69, 9.17) is 4.74 Å². The Morgan fingerprint density at radius 1 is 1.06 bits per heavy atom. The molecule has 0 aromatic heterocycles. The minimum atomic E-state index is -0.437. The van der Waals surface area contributed by atoms with E-state index in [1.807, 2.05) is 82.2 Å². The van der Waals surface area contributed by atoms with Gasteiger partial charge in [-0.1, -0.05) is 49.4 Å². The van der Waals surface area contributed by atoms with Crippen molar-refractivity contribution in [3.8, 4) is 0 Å². The Labute approximate surface area is 202 Å². The van der Waals surface area contributed by atoms with Gasteiger partial charge in [0.05, 0.1) is 11.7 Å². The van der Waals surface area contributed by atoms with Crippen molar-refractivity contribution in [2.45, 2.75) is 58.0 Å². The first kappa shape index (κ1) is 23.8. The van der Waals surface area contributed by atoms with Crippen LogP contribution in [0.1, 0.15) is 63.0 Å². The summed E-state index contributed by atoms with van der Waals surface area (Å²) in [6, 6.07) is 18.3. The normalized spacial score (nSPS) is 21.0. The van der Waals surface area contributed by atoms with Gasteiger partial charge in [0.25, 0.3) is 0 Å². The molecule has 0 unspecified atom stereocenters. The number of carbonyl (C=O) groups is 2. The molecule has 4 rings (SSSR count). The highest BCUT2D eigenvalue weighted by atomic mass is 16.5. The van der Waals surface area contributed by atoms with Crippen LogP contribution in [-0.2, 0) is 14.3 Å². The van der Waals surface area contributed by atoms with Crippen molar-refractivity contribution >= 4 is 17.4 Å². The first-order chi connectivity index (χ1) is 16.3. The van der Waals surface area contributed by atoms with Crippen LogP contribution in [-0.4, -0.2) is 32.0 Å². The summed E-state index contributed by atoms with van der Waals surface area (Å²) in [5.74, 6) is -0.581. The molecule has 5 heteroatoms. The van der Waals surface area contributed by atoms with Gasteiger partial charge in [-0.3, -0.25) is 4.79 Å². The van der Waals surface area contributed by atoms with Crippen LogP contribution in [0.25, 0.3) is 0 Å². The number of ether oxygens (including phenoxy) is 1. The summed E-state index contributed by atoms with van der Waals surface area (Å²) >= 11 is 0. The van der Waals surface area contributed by atoms with Crippen LogP contribution in [0.3, 0.4) is 0 Å². The van der Waals surface area contributed by atoms with Gasteiger partial charge in [-0.2, -0.15) is 0 Å². The third-order valence-corrected chi connectivity index (χ3v) is 6.94. The fourth-order valence-corrected chi connectivity index (χ4v) is 4.90. The number of ketones is 1. The number of Topliss-reactive ketones (excluding diaryl/α,β-unsaturated/α-hetero) is 1. The number of rotatable bonds is 6. The molecule has 1 heterocycles. The molecule has 0 fully saturated rings. The fourth-order valence-electron chi connectivity index (χ4n) is 4.90. The predicted octanol–water partition coefficient (Wildman–Crippen LogP) is 5.46. The lowest BCUT2D eigenvalue weighted by atomic mass is 9.71. The van der Waals surface area contributed by atoms with E-state index in [9.17, 15) is 9.59 Å². The largest absolute Gasteiger partial charge is 0.459 e. The molecule has 34 heavy (non-hydrogen) atoms. The van der Waals surface area contributed by atoms with Crippen LogP contribution < -0.4 is 10.2 Å². The number of nitrogens with zero attached hydrogens (tertiary/aromatic N) is 1. The number of benzene rings is 2. The standard InChI is InChI=1S/C29H34N2O3/c1-6-18(2)34-29(33)26-19(3)30-24-16-22(20-10-8-7-9-11-20)17-25(32)28(24)27(26)21-12-14-23(15-13-21)31(4)5/h7-15,18,22,27,30H,6,16-17H2,1-5H3/t18-,22-,27+/m1/s1. The lowest BCUT2D eigenvalue weighted by Crippen LogP contribution is -2.36. The number of nitrogens with one attached hydrogen (secondary N) is 1. The molecule has 0 spiro atoms. The lowest BCUT2D eigenvalue weighted by molar-refractivity contribution is -0.144. The summed E-state index contributed by atoms with van der Waals surface area (Å²) in [5.41, 5.74) is 6.07. The van der Waals surface area contributed by atoms with Crippen LogP contribution in [0.4, 0.5) is 5.69 Å². The number of dihydropyridines is 1. The second-order valence-electron chi connectivity index (χ2n) is 9.54. The van der Waals surface area contributed by atoms with Gasteiger partial charge >= 0.3 is 5.97 Å². The molecule has 1 N–H and O–H groups in total. The molecule has 0 amide bonds. The maximum absolute atomic E-state index is 13.6. The molecule has 2 aliphatic rings. The number of anilines is 1. The van der Waals surface area contributed by atoms with E-state index in [2.05, 4.69) is 17.4 Å². The molecule has 0 saturated carbocycles. The van der Waals surface area contributed by atoms with Gasteiger partial charge in [0.1, 0.15) is 0 Å². The third kappa shape index (κ3) is 4.65. The van der Waals surface area contributed by atoms with Gasteiger partial charge in [-0.15, -0.1) is 0 Å². The molecule has 2 aromatic carbocycles. The number of esters is 1. The third-order valence-electron chi connectivity index (χ3n) is 6.94. The van der Waals surface area contributed by atoms with Crippen LogP contribution in [0, 0.1) is 0 Å². The van der Waals surface area contributed by atoms with E-state index >= 15 is 0 Å². The Hall–Kier alpha value is -3.34. The minimum absolute atomic E-state index is 0.0885. The first-order valence-electron chi connectivity index (χ1n) is 12.1. The number of allylic oxidation sites excluding steroid dienone is 3. The fraction of sp³-hybridized carbons (Fsp3) is 0.379. The van der Waals surface area contributed by atoms with Crippen molar-refractivity contribution in [1.29, 1.82) is 0 Å². The molecule has 0 bridgehead atoms. The second kappa shape index (κ2) is 9.88. The second-order valence-corrected chi connectivity index (χ2v) is 9.54. The maximum atomic E-state index is 13.6. The Morgan fingerprint density at radius 2 is 1.74 bits per heavy atom. The highest BCUT2D eigenvalue weighted by Gasteiger charge is 2.41. The Bertz CT molecular complexity index is 1130. The van der Waals surface area contributed by atoms with E-state index < -0.39 is 5.92 Å². The van der Waals surface area contributed by atoms with Crippen molar-refractivity contribution in [3.63, 3.8) is 0 Å². The van der Waals surface area contributed by atoms with Gasteiger partial charge < -0.3 is 15.0 Å². The summed E-state index contributed by atoms with van der Waals surface area (Å²) < 4.78 is 5.75. The molecule has 1 aliphatic carbocycles. The summed E-state index contributed by atoms with van der Waals surface area (Å²) in [5, 5.41) is 3.43. The zero-order valence-electron chi connectivity index (χ0n) is 20.7. The van der Waals surface area contributed by atoms with Gasteiger partial charge in [-0.05, 0) is 55.9 Å². The zero-order valence-corrected chi connectivity index (χ0v) is 20.7. The Kier molecular flexibility index (Phi) is 6.92. The van der Waals surface area contributed by atoms with Crippen molar-refractivity contribution in [2.75, 3.05) is 19.0 Å². The van der Waals surface area contributed by atoms with Crippen LogP contribution in [0.5, 0.6) is 0 Å². The zero-order chi connectivity index (χ0) is 24.4. The van der Waals surface area contributed by atoms with Gasteiger partial charge in [0, 0.05) is 49.1 Å². The number of carbonyl (C=O) groups excluding carboxylic acids is 2. The summed E-state index contributed by atoms with van der Waals surface area (Å²) in [6.07, 6.45) is 1.72. The van der Waals surface area contributed by atoms with Crippen LogP contribution >= 0.6 is 0 Å². The summed E-state index contributed by atoms with van der Waals surface area (Å²) in [4.78, 5) is 29.0. The number of hydrogen-bond acceptors (Lipinski definition) is 5. The van der Waals surface area contributed by atoms with Crippen LogP contribution in [0.2, 0.25) is 0 Å². The first-order valence-corrected chi connectivity index (χ1v) is 12.1. The smallest absolute Gasteiger partial charge is 0.337 e. The average Bonchev–Trinajstić information content (AvgIpc) is 2.83. The van der Waals surface area contributed by atoms with Crippen molar-refractivity contribution < 1.29 is 14.3 Å². The molecule has 178 valence electrons. The monoisotopic (exact) mass is 458 g/mol. The lowest BCUT2D eigenvalue weighted by Gasteiger charge is -2.37. The van der Waals surface area contributed by atoms with Gasteiger partial charge in [-0.25, -0.2) is 4.79 Å². The molecular formula is C29H34N2O3. The van der Waals surface area contributed by atoms with Crippen molar-refractivity contribution in [1.82, 2.24) is 5.32 Å². The molecule has 2 aromatic rings. The summed E-state index contributed by atoms with van der Waals surface area (Å²) in [6.45, 7) is 5.80. The Morgan fingerprint density at radius 3 is 2.35 bits per heavy atom. The highest BCUT2D eigenvalue weighted by Crippen LogP contribution is 2.46. The molecular weight excluding hydrogens is 424 g/mol.